The number of nitro groups is 1. The van der Waals surface area contributed by atoms with Crippen LogP contribution in [0, 0.1) is 10.1 Å². The molecule has 0 bridgehead atoms. The highest BCUT2D eigenvalue weighted by Crippen LogP contribution is 2.30. The van der Waals surface area contributed by atoms with Crippen LogP contribution in [0.5, 0.6) is 0 Å². The fraction of sp³-hybridized carbons (Fsp3) is 0.318. The molecule has 0 radical (unpaired) electrons. The maximum Gasteiger partial charge on any atom is 0.416 e. The Morgan fingerprint density at radius 3 is 2.09 bits per heavy atom. The summed E-state index contributed by atoms with van der Waals surface area (Å²) in [7, 11) is 0. The van der Waals surface area contributed by atoms with Gasteiger partial charge >= 0.3 is 12.1 Å². The first-order chi connectivity index (χ1) is 16.3. The molecular formula is C22H22F3N3O7. The summed E-state index contributed by atoms with van der Waals surface area (Å²) in [6.07, 6.45) is -7.02. The molecular weight excluding hydrogens is 475 g/mol. The van der Waals surface area contributed by atoms with Crippen LogP contribution in [0.3, 0.4) is 0 Å². The SMILES string of the molecule is CCOC(=O)C[C@H](c1ccc([N+](=O)[O-])cc1)[C@H](NC(=O)[C@@H](O)c1ccc(C(F)(F)F)cc1)C(N)=O. The highest BCUT2D eigenvalue weighted by Gasteiger charge is 2.34. The number of rotatable bonds is 10. The minimum absolute atomic E-state index is 0.0199. The van der Waals surface area contributed by atoms with Gasteiger partial charge in [-0.3, -0.25) is 24.5 Å². The molecule has 0 saturated heterocycles. The Labute approximate surface area is 197 Å². The smallest absolute Gasteiger partial charge is 0.416 e. The first-order valence-electron chi connectivity index (χ1n) is 10.2. The number of carbonyl (C=O) groups is 3. The molecule has 0 unspecified atom stereocenters. The number of non-ortho nitro benzene ring substituents is 1. The number of carbonyl (C=O) groups excluding carboxylic acids is 3. The van der Waals surface area contributed by atoms with Crippen LogP contribution in [-0.4, -0.2) is 40.5 Å². The van der Waals surface area contributed by atoms with Crippen LogP contribution in [-0.2, 0) is 25.3 Å². The topological polar surface area (TPSA) is 162 Å². The number of hydrogen-bond donors (Lipinski definition) is 3. The number of alkyl halides is 3. The van der Waals surface area contributed by atoms with Gasteiger partial charge < -0.3 is 20.9 Å². The lowest BCUT2D eigenvalue weighted by molar-refractivity contribution is -0.384. The number of amides is 2. The highest BCUT2D eigenvalue weighted by atomic mass is 19.4. The molecule has 0 saturated carbocycles. The van der Waals surface area contributed by atoms with Gasteiger partial charge in [-0.05, 0) is 30.2 Å². The van der Waals surface area contributed by atoms with E-state index in [4.69, 9.17) is 10.5 Å². The van der Waals surface area contributed by atoms with Gasteiger partial charge in [0.2, 0.25) is 5.91 Å². The predicted octanol–water partition coefficient (Wildman–Crippen LogP) is 2.35. The Kier molecular flexibility index (Phi) is 8.89. The summed E-state index contributed by atoms with van der Waals surface area (Å²) in [5.41, 5.74) is 4.23. The van der Waals surface area contributed by atoms with Gasteiger partial charge in [0.15, 0.2) is 6.10 Å². The number of halogens is 3. The molecule has 0 aromatic heterocycles. The molecule has 2 aromatic carbocycles. The molecule has 13 heteroatoms. The lowest BCUT2D eigenvalue weighted by Crippen LogP contribution is -2.50. The molecule has 2 rings (SSSR count). The summed E-state index contributed by atoms with van der Waals surface area (Å²) in [5, 5.41) is 23.5. The van der Waals surface area contributed by atoms with E-state index in [1.165, 1.54) is 12.1 Å². The van der Waals surface area contributed by atoms with E-state index >= 15 is 0 Å². The van der Waals surface area contributed by atoms with Crippen LogP contribution in [0.4, 0.5) is 18.9 Å². The maximum absolute atomic E-state index is 12.8. The van der Waals surface area contributed by atoms with Gasteiger partial charge in [-0.15, -0.1) is 0 Å². The van der Waals surface area contributed by atoms with Gasteiger partial charge in [0, 0.05) is 18.1 Å². The quantitative estimate of drug-likeness (QED) is 0.258. The van der Waals surface area contributed by atoms with Crippen molar-refractivity contribution in [2.45, 2.75) is 37.6 Å². The predicted molar refractivity (Wildman–Crippen MR) is 115 cm³/mol. The number of benzene rings is 2. The number of primary amides is 1. The summed E-state index contributed by atoms with van der Waals surface area (Å²) in [4.78, 5) is 47.3. The van der Waals surface area contributed by atoms with Crippen LogP contribution in [0.25, 0.3) is 0 Å². The van der Waals surface area contributed by atoms with Crippen molar-refractivity contribution in [1.82, 2.24) is 5.32 Å². The summed E-state index contributed by atoms with van der Waals surface area (Å²) >= 11 is 0. The maximum atomic E-state index is 12.8. The molecule has 0 aliphatic carbocycles. The van der Waals surface area contributed by atoms with Crippen LogP contribution in [0.1, 0.15) is 42.1 Å². The Hall–Kier alpha value is -4.00. The normalized spacial score (nSPS) is 13.9. The molecule has 4 N–H and O–H groups in total. The molecule has 188 valence electrons. The van der Waals surface area contributed by atoms with Crippen molar-refractivity contribution in [1.29, 1.82) is 0 Å². The van der Waals surface area contributed by atoms with Crippen LogP contribution in [0.2, 0.25) is 0 Å². The standard InChI is InChI=1S/C22H22F3N3O7/c1-2-35-17(29)11-16(12-5-9-15(10-6-12)28(33)34)18(20(26)31)27-21(32)19(30)13-3-7-14(8-4-13)22(23,24)25/h3-10,16,18-19,30H,2,11H2,1H3,(H2,26,31)(H,27,32)/t16-,18+,19+/m1/s1. The zero-order valence-corrected chi connectivity index (χ0v) is 18.3. The van der Waals surface area contributed by atoms with Gasteiger partial charge in [0.1, 0.15) is 6.04 Å². The molecule has 2 aromatic rings. The summed E-state index contributed by atoms with van der Waals surface area (Å²) in [6, 6.07) is 6.40. The third kappa shape index (κ3) is 7.24. The number of aliphatic hydroxyl groups is 1. The molecule has 0 aliphatic heterocycles. The molecule has 0 aliphatic rings. The van der Waals surface area contributed by atoms with Crippen molar-refractivity contribution in [3.63, 3.8) is 0 Å². The van der Waals surface area contributed by atoms with E-state index in [1.807, 2.05) is 0 Å². The Balaban J connectivity index is 2.33. The fourth-order valence-corrected chi connectivity index (χ4v) is 3.28. The van der Waals surface area contributed by atoms with Crippen molar-refractivity contribution >= 4 is 23.5 Å². The average Bonchev–Trinajstić information content (AvgIpc) is 2.80. The largest absolute Gasteiger partial charge is 0.466 e. The molecule has 0 fully saturated rings. The molecule has 0 heterocycles. The second-order valence-electron chi connectivity index (χ2n) is 7.38. The van der Waals surface area contributed by atoms with Crippen LogP contribution in [0.15, 0.2) is 48.5 Å². The highest BCUT2D eigenvalue weighted by molar-refractivity contribution is 5.90. The number of aliphatic hydroxyl groups excluding tert-OH is 1. The Morgan fingerprint density at radius 2 is 1.63 bits per heavy atom. The molecule has 2 amide bonds. The van der Waals surface area contributed by atoms with Gasteiger partial charge in [0.05, 0.1) is 23.5 Å². The van der Waals surface area contributed by atoms with E-state index in [-0.39, 0.29) is 23.4 Å². The van der Waals surface area contributed by atoms with Gasteiger partial charge in [-0.25, -0.2) is 0 Å². The third-order valence-corrected chi connectivity index (χ3v) is 5.03. The number of nitro benzene ring substituents is 1. The van der Waals surface area contributed by atoms with E-state index < -0.39 is 58.9 Å². The van der Waals surface area contributed by atoms with Crippen molar-refractivity contribution in [2.75, 3.05) is 6.61 Å². The lowest BCUT2D eigenvalue weighted by atomic mass is 9.87. The van der Waals surface area contributed by atoms with E-state index in [0.29, 0.717) is 12.1 Å². The summed E-state index contributed by atoms with van der Waals surface area (Å²) in [6.45, 7) is 1.57. The summed E-state index contributed by atoms with van der Waals surface area (Å²) < 4.78 is 43.1. The van der Waals surface area contributed by atoms with Gasteiger partial charge in [-0.1, -0.05) is 24.3 Å². The number of esters is 1. The zero-order chi connectivity index (χ0) is 26.3. The Morgan fingerprint density at radius 1 is 1.09 bits per heavy atom. The molecule has 0 spiro atoms. The Bertz CT molecular complexity index is 1070. The minimum Gasteiger partial charge on any atom is -0.466 e. The fourth-order valence-electron chi connectivity index (χ4n) is 3.28. The third-order valence-electron chi connectivity index (χ3n) is 5.03. The van der Waals surface area contributed by atoms with E-state index in [9.17, 15) is 42.8 Å². The van der Waals surface area contributed by atoms with Crippen molar-refractivity contribution < 1.29 is 42.3 Å². The van der Waals surface area contributed by atoms with E-state index in [0.717, 1.165) is 24.3 Å². The molecule has 35 heavy (non-hydrogen) atoms. The molecule has 10 nitrogen and oxygen atoms in total. The van der Waals surface area contributed by atoms with Crippen LogP contribution >= 0.6 is 0 Å². The monoisotopic (exact) mass is 497 g/mol. The molecule has 3 atom stereocenters. The number of nitrogens with zero attached hydrogens (tertiary/aromatic N) is 1. The number of ether oxygens (including phenoxy) is 1. The minimum atomic E-state index is -4.62. The van der Waals surface area contributed by atoms with Crippen molar-refractivity contribution in [3.8, 4) is 0 Å². The first kappa shape index (κ1) is 27.2. The van der Waals surface area contributed by atoms with E-state index in [1.54, 1.807) is 6.92 Å². The number of nitrogens with one attached hydrogen (secondary N) is 1. The van der Waals surface area contributed by atoms with Crippen molar-refractivity contribution in [2.24, 2.45) is 5.73 Å². The average molecular weight is 497 g/mol. The van der Waals surface area contributed by atoms with Gasteiger partial charge in [0.25, 0.3) is 11.6 Å². The second kappa shape index (κ2) is 11.4. The second-order valence-corrected chi connectivity index (χ2v) is 7.38. The lowest BCUT2D eigenvalue weighted by Gasteiger charge is -2.26. The van der Waals surface area contributed by atoms with E-state index in [2.05, 4.69) is 5.32 Å². The van der Waals surface area contributed by atoms with Gasteiger partial charge in [-0.2, -0.15) is 13.2 Å². The van der Waals surface area contributed by atoms with Crippen molar-refractivity contribution in [3.05, 3.63) is 75.3 Å². The van der Waals surface area contributed by atoms with Crippen LogP contribution < -0.4 is 11.1 Å². The summed E-state index contributed by atoms with van der Waals surface area (Å²) in [5.74, 6) is -4.13. The number of nitrogens with two attached hydrogens (primary N) is 1. The first-order valence-corrected chi connectivity index (χ1v) is 10.2. The number of hydrogen-bond acceptors (Lipinski definition) is 7. The zero-order valence-electron chi connectivity index (χ0n) is 18.3.